The van der Waals surface area contributed by atoms with Gasteiger partial charge in [0.15, 0.2) is 5.65 Å². The van der Waals surface area contributed by atoms with E-state index in [1.165, 1.54) is 4.57 Å². The largest absolute Gasteiger partial charge is 0.393 e. The molecule has 1 aliphatic rings. The first-order valence-electron chi connectivity index (χ1n) is 8.98. The van der Waals surface area contributed by atoms with E-state index in [-0.39, 0.29) is 23.3 Å². The van der Waals surface area contributed by atoms with E-state index in [0.717, 1.165) is 44.3 Å². The molecule has 0 amide bonds. The minimum Gasteiger partial charge on any atom is -0.393 e. The summed E-state index contributed by atoms with van der Waals surface area (Å²) in [4.78, 5) is 33.1. The third-order valence-electron chi connectivity index (χ3n) is 4.86. The van der Waals surface area contributed by atoms with E-state index in [0.29, 0.717) is 24.3 Å². The van der Waals surface area contributed by atoms with Gasteiger partial charge >= 0.3 is 5.69 Å². The topological polar surface area (TPSA) is 92.9 Å². The maximum atomic E-state index is 12.7. The Labute approximate surface area is 140 Å². The predicted molar refractivity (Wildman–Crippen MR) is 92.4 cm³/mol. The second-order valence-electron chi connectivity index (χ2n) is 6.72. The highest BCUT2D eigenvalue weighted by atomic mass is 16.3. The first-order chi connectivity index (χ1) is 11.6. The number of aromatic nitrogens is 4. The molecule has 1 aliphatic carbocycles. The van der Waals surface area contributed by atoms with Gasteiger partial charge in [-0.3, -0.25) is 13.9 Å². The summed E-state index contributed by atoms with van der Waals surface area (Å²) in [5, 5.41) is 9.67. The van der Waals surface area contributed by atoms with Crippen molar-refractivity contribution in [1.82, 2.24) is 19.1 Å². The van der Waals surface area contributed by atoms with Crippen LogP contribution in [0.4, 0.5) is 0 Å². The van der Waals surface area contributed by atoms with Crippen LogP contribution >= 0.6 is 0 Å². The number of imidazole rings is 1. The third kappa shape index (κ3) is 2.92. The molecule has 1 fully saturated rings. The van der Waals surface area contributed by atoms with Gasteiger partial charge in [0.1, 0.15) is 11.3 Å². The molecule has 132 valence electrons. The Balaban J connectivity index is 2.13. The van der Waals surface area contributed by atoms with E-state index < -0.39 is 0 Å². The van der Waals surface area contributed by atoms with E-state index >= 15 is 0 Å². The minimum absolute atomic E-state index is 0.213. The lowest BCUT2D eigenvalue weighted by molar-refractivity contribution is 0.121. The second-order valence-corrected chi connectivity index (χ2v) is 6.72. The number of rotatable bonds is 5. The number of H-pyrrole nitrogens is 1. The van der Waals surface area contributed by atoms with Crippen molar-refractivity contribution in [2.24, 2.45) is 0 Å². The fourth-order valence-electron chi connectivity index (χ4n) is 3.57. The van der Waals surface area contributed by atoms with Gasteiger partial charge in [-0.15, -0.1) is 0 Å². The summed E-state index contributed by atoms with van der Waals surface area (Å²) in [6.45, 7) is 4.92. The van der Waals surface area contributed by atoms with E-state index in [9.17, 15) is 14.7 Å². The molecule has 7 nitrogen and oxygen atoms in total. The van der Waals surface area contributed by atoms with Crippen LogP contribution in [0.1, 0.15) is 64.1 Å². The molecule has 7 heteroatoms. The van der Waals surface area contributed by atoms with Gasteiger partial charge in [0.2, 0.25) is 0 Å². The van der Waals surface area contributed by atoms with Crippen LogP contribution < -0.4 is 11.2 Å². The Morgan fingerprint density at radius 3 is 2.33 bits per heavy atom. The monoisotopic (exact) mass is 334 g/mol. The molecule has 0 aromatic carbocycles. The molecular formula is C17H26N4O3. The number of hydrogen-bond donors (Lipinski definition) is 2. The van der Waals surface area contributed by atoms with Crippen molar-refractivity contribution >= 4 is 11.2 Å². The van der Waals surface area contributed by atoms with Crippen LogP contribution in [0.2, 0.25) is 0 Å². The SMILES string of the molecule is CCCn1c(=O)c2[nH]c([C@H]3CC[C@H](O)CC3)nc2n(CCC)c1=O. The number of aromatic amines is 1. The Bertz CT molecular complexity index is 825. The molecule has 1 saturated carbocycles. The first kappa shape index (κ1) is 17.0. The van der Waals surface area contributed by atoms with Crippen LogP contribution in [0.5, 0.6) is 0 Å². The lowest BCUT2D eigenvalue weighted by Crippen LogP contribution is -2.40. The smallest absolute Gasteiger partial charge is 0.332 e. The first-order valence-corrected chi connectivity index (χ1v) is 8.98. The van der Waals surface area contributed by atoms with Gasteiger partial charge in [0.25, 0.3) is 5.56 Å². The number of nitrogens with zero attached hydrogens (tertiary/aromatic N) is 3. The Hall–Kier alpha value is -1.89. The molecule has 0 bridgehead atoms. The van der Waals surface area contributed by atoms with Crippen LogP contribution in [-0.2, 0) is 13.1 Å². The number of aliphatic hydroxyl groups is 1. The quantitative estimate of drug-likeness (QED) is 0.871. The van der Waals surface area contributed by atoms with Crippen molar-refractivity contribution in [2.75, 3.05) is 0 Å². The van der Waals surface area contributed by atoms with Gasteiger partial charge in [0.05, 0.1) is 6.10 Å². The maximum Gasteiger partial charge on any atom is 0.332 e. The fourth-order valence-corrected chi connectivity index (χ4v) is 3.57. The molecule has 0 unspecified atom stereocenters. The summed E-state index contributed by atoms with van der Waals surface area (Å²) >= 11 is 0. The zero-order valence-corrected chi connectivity index (χ0v) is 14.4. The zero-order chi connectivity index (χ0) is 17.3. The molecule has 24 heavy (non-hydrogen) atoms. The second kappa shape index (κ2) is 6.93. The Morgan fingerprint density at radius 2 is 1.71 bits per heavy atom. The molecule has 2 heterocycles. The van der Waals surface area contributed by atoms with Crippen molar-refractivity contribution in [1.29, 1.82) is 0 Å². The lowest BCUT2D eigenvalue weighted by atomic mass is 9.87. The van der Waals surface area contributed by atoms with Crippen LogP contribution in [0, 0.1) is 0 Å². The lowest BCUT2D eigenvalue weighted by Gasteiger charge is -2.23. The van der Waals surface area contributed by atoms with Gasteiger partial charge in [-0.1, -0.05) is 13.8 Å². The Morgan fingerprint density at radius 1 is 1.08 bits per heavy atom. The summed E-state index contributed by atoms with van der Waals surface area (Å²) in [6, 6.07) is 0. The van der Waals surface area contributed by atoms with Crippen molar-refractivity contribution in [3.63, 3.8) is 0 Å². The van der Waals surface area contributed by atoms with E-state index in [1.807, 2.05) is 13.8 Å². The zero-order valence-electron chi connectivity index (χ0n) is 14.4. The highest BCUT2D eigenvalue weighted by molar-refractivity contribution is 5.70. The van der Waals surface area contributed by atoms with Gasteiger partial charge in [0, 0.05) is 19.0 Å². The molecule has 0 aliphatic heterocycles. The normalized spacial score (nSPS) is 21.5. The standard InChI is InChI=1S/C17H26N4O3/c1-3-9-20-15-13(16(23)21(10-4-2)17(20)24)18-14(19-15)11-5-7-12(22)8-6-11/h11-12,22H,3-10H2,1-2H3,(H,18,19)/t11-,12-. The molecular weight excluding hydrogens is 308 g/mol. The average molecular weight is 334 g/mol. The number of nitrogens with one attached hydrogen (secondary N) is 1. The molecule has 2 N–H and O–H groups in total. The van der Waals surface area contributed by atoms with Crippen LogP contribution in [0.25, 0.3) is 11.2 Å². The van der Waals surface area contributed by atoms with Crippen molar-refractivity contribution in [3.05, 3.63) is 26.7 Å². The number of aliphatic hydroxyl groups excluding tert-OH is 1. The van der Waals surface area contributed by atoms with Crippen LogP contribution in [0.15, 0.2) is 9.59 Å². The fraction of sp³-hybridized carbons (Fsp3) is 0.706. The number of aryl methyl sites for hydroxylation is 1. The predicted octanol–water partition coefficient (Wildman–Crippen LogP) is 1.72. The van der Waals surface area contributed by atoms with Gasteiger partial charge in [-0.25, -0.2) is 9.78 Å². The van der Waals surface area contributed by atoms with E-state index in [4.69, 9.17) is 0 Å². The van der Waals surface area contributed by atoms with Crippen molar-refractivity contribution in [2.45, 2.75) is 77.5 Å². The molecule has 0 spiro atoms. The van der Waals surface area contributed by atoms with Gasteiger partial charge in [-0.05, 0) is 38.5 Å². The van der Waals surface area contributed by atoms with Gasteiger partial charge in [-0.2, -0.15) is 0 Å². The highest BCUT2D eigenvalue weighted by Gasteiger charge is 2.25. The van der Waals surface area contributed by atoms with Crippen LogP contribution in [0.3, 0.4) is 0 Å². The number of fused-ring (bicyclic) bond motifs is 1. The summed E-state index contributed by atoms with van der Waals surface area (Å²) in [5.41, 5.74) is 0.352. The molecule has 2 aromatic heterocycles. The van der Waals surface area contributed by atoms with Crippen LogP contribution in [-0.4, -0.2) is 30.3 Å². The van der Waals surface area contributed by atoms with Crippen molar-refractivity contribution in [3.8, 4) is 0 Å². The summed E-state index contributed by atoms with van der Waals surface area (Å²) in [5.74, 6) is 0.984. The molecule has 0 radical (unpaired) electrons. The molecule has 3 rings (SSSR count). The third-order valence-corrected chi connectivity index (χ3v) is 4.86. The number of hydrogen-bond acceptors (Lipinski definition) is 4. The molecule has 0 saturated heterocycles. The molecule has 2 aromatic rings. The van der Waals surface area contributed by atoms with Gasteiger partial charge < -0.3 is 10.1 Å². The summed E-state index contributed by atoms with van der Waals surface area (Å²) in [6.07, 6.45) is 4.51. The summed E-state index contributed by atoms with van der Waals surface area (Å²) < 4.78 is 2.93. The van der Waals surface area contributed by atoms with Crippen molar-refractivity contribution < 1.29 is 5.11 Å². The maximum absolute atomic E-state index is 12.7. The molecule has 0 atom stereocenters. The average Bonchev–Trinajstić information content (AvgIpc) is 3.01. The van der Waals surface area contributed by atoms with E-state index in [1.54, 1.807) is 4.57 Å². The Kier molecular flexibility index (Phi) is 4.89. The van der Waals surface area contributed by atoms with E-state index in [2.05, 4.69) is 9.97 Å². The minimum atomic E-state index is -0.279. The summed E-state index contributed by atoms with van der Waals surface area (Å²) in [7, 11) is 0. The highest BCUT2D eigenvalue weighted by Crippen LogP contribution is 2.31.